The summed E-state index contributed by atoms with van der Waals surface area (Å²) in [6, 6.07) is 11.1. The van der Waals surface area contributed by atoms with Crippen molar-refractivity contribution in [3.05, 3.63) is 75.8 Å². The van der Waals surface area contributed by atoms with E-state index >= 15 is 0 Å². The highest BCUT2D eigenvalue weighted by molar-refractivity contribution is 6.33. The van der Waals surface area contributed by atoms with Gasteiger partial charge in [-0.1, -0.05) is 29.8 Å². The Bertz CT molecular complexity index is 777. The van der Waals surface area contributed by atoms with Crippen LogP contribution in [-0.2, 0) is 11.2 Å². The van der Waals surface area contributed by atoms with Crippen molar-refractivity contribution in [2.45, 2.75) is 6.42 Å². The summed E-state index contributed by atoms with van der Waals surface area (Å²) in [7, 11) is 0. The number of halogens is 1. The standard InChI is InChI=1S/C17H15ClN2O4/c1-2-5-12-10-13(20(22)23)8-9-16(12)24-11-17(21)19-15-7-4-3-6-14(15)18/h2-4,6-10H,1,5,11H2,(H,19,21). The number of amides is 1. The van der Waals surface area contributed by atoms with Crippen molar-refractivity contribution in [3.8, 4) is 5.75 Å². The Morgan fingerprint density at radius 2 is 2.08 bits per heavy atom. The van der Waals surface area contributed by atoms with Gasteiger partial charge in [0, 0.05) is 17.7 Å². The molecule has 1 amide bonds. The summed E-state index contributed by atoms with van der Waals surface area (Å²) in [6.45, 7) is 3.37. The molecular weight excluding hydrogens is 332 g/mol. The van der Waals surface area contributed by atoms with Crippen molar-refractivity contribution in [3.63, 3.8) is 0 Å². The monoisotopic (exact) mass is 346 g/mol. The Balaban J connectivity index is 2.05. The third kappa shape index (κ3) is 4.57. The van der Waals surface area contributed by atoms with E-state index in [1.807, 2.05) is 0 Å². The molecule has 0 saturated heterocycles. The van der Waals surface area contributed by atoms with Crippen LogP contribution in [0.2, 0.25) is 5.02 Å². The van der Waals surface area contributed by atoms with Crippen LogP contribution in [0.5, 0.6) is 5.75 Å². The number of nitrogens with one attached hydrogen (secondary N) is 1. The minimum Gasteiger partial charge on any atom is -0.483 e. The van der Waals surface area contributed by atoms with Gasteiger partial charge in [-0.25, -0.2) is 0 Å². The first-order valence-corrected chi connectivity index (χ1v) is 7.44. The highest BCUT2D eigenvalue weighted by atomic mass is 35.5. The molecule has 124 valence electrons. The summed E-state index contributed by atoms with van der Waals surface area (Å²) in [5.41, 5.74) is 1.03. The summed E-state index contributed by atoms with van der Waals surface area (Å²) in [6.07, 6.45) is 2.00. The molecule has 2 aromatic rings. The molecule has 0 aliphatic carbocycles. The van der Waals surface area contributed by atoms with Gasteiger partial charge in [-0.15, -0.1) is 6.58 Å². The quantitative estimate of drug-likeness (QED) is 0.467. The van der Waals surface area contributed by atoms with Gasteiger partial charge in [0.25, 0.3) is 11.6 Å². The molecule has 0 spiro atoms. The maximum absolute atomic E-state index is 12.0. The van der Waals surface area contributed by atoms with Crippen molar-refractivity contribution < 1.29 is 14.5 Å². The van der Waals surface area contributed by atoms with Crippen molar-refractivity contribution >= 4 is 28.9 Å². The van der Waals surface area contributed by atoms with Gasteiger partial charge in [0.1, 0.15) is 5.75 Å². The van der Waals surface area contributed by atoms with E-state index in [4.69, 9.17) is 16.3 Å². The molecule has 0 aliphatic heterocycles. The van der Waals surface area contributed by atoms with E-state index in [2.05, 4.69) is 11.9 Å². The van der Waals surface area contributed by atoms with Crippen molar-refractivity contribution in [2.24, 2.45) is 0 Å². The van der Waals surface area contributed by atoms with Crippen LogP contribution in [0.1, 0.15) is 5.56 Å². The number of nitro benzene ring substituents is 1. The maximum atomic E-state index is 12.0. The summed E-state index contributed by atoms with van der Waals surface area (Å²) < 4.78 is 5.47. The molecule has 1 N–H and O–H groups in total. The fourth-order valence-electron chi connectivity index (χ4n) is 2.03. The van der Waals surface area contributed by atoms with E-state index in [0.717, 1.165) is 0 Å². The summed E-state index contributed by atoms with van der Waals surface area (Å²) >= 11 is 5.97. The molecule has 2 aromatic carbocycles. The highest BCUT2D eigenvalue weighted by Crippen LogP contribution is 2.25. The van der Waals surface area contributed by atoms with Crippen LogP contribution >= 0.6 is 11.6 Å². The number of hydrogen-bond donors (Lipinski definition) is 1. The smallest absolute Gasteiger partial charge is 0.269 e. The number of benzene rings is 2. The molecule has 7 heteroatoms. The fourth-order valence-corrected chi connectivity index (χ4v) is 2.21. The molecule has 0 heterocycles. The zero-order valence-corrected chi connectivity index (χ0v) is 13.5. The van der Waals surface area contributed by atoms with Crippen LogP contribution in [-0.4, -0.2) is 17.4 Å². The van der Waals surface area contributed by atoms with E-state index in [-0.39, 0.29) is 18.2 Å². The van der Waals surface area contributed by atoms with Crippen LogP contribution < -0.4 is 10.1 Å². The number of para-hydroxylation sites is 1. The largest absolute Gasteiger partial charge is 0.483 e. The Morgan fingerprint density at radius 3 is 2.75 bits per heavy atom. The van der Waals surface area contributed by atoms with E-state index in [1.54, 1.807) is 30.3 Å². The summed E-state index contributed by atoms with van der Waals surface area (Å²) in [4.78, 5) is 22.3. The lowest BCUT2D eigenvalue weighted by molar-refractivity contribution is -0.384. The Hall–Kier alpha value is -2.86. The van der Waals surface area contributed by atoms with Gasteiger partial charge in [-0.2, -0.15) is 0 Å². The van der Waals surface area contributed by atoms with Crippen LogP contribution in [0.25, 0.3) is 0 Å². The number of rotatable bonds is 7. The fraction of sp³-hybridized carbons (Fsp3) is 0.118. The molecule has 0 aromatic heterocycles. The molecule has 0 aliphatic rings. The molecule has 0 radical (unpaired) electrons. The average Bonchev–Trinajstić information content (AvgIpc) is 2.56. The minimum absolute atomic E-state index is 0.0419. The number of anilines is 1. The van der Waals surface area contributed by atoms with E-state index in [0.29, 0.717) is 28.4 Å². The lowest BCUT2D eigenvalue weighted by Crippen LogP contribution is -2.20. The van der Waals surface area contributed by atoms with Crippen LogP contribution in [0.4, 0.5) is 11.4 Å². The van der Waals surface area contributed by atoms with Gasteiger partial charge >= 0.3 is 0 Å². The Kier molecular flexibility index (Phi) is 5.92. The number of nitrogens with zero attached hydrogens (tertiary/aromatic N) is 1. The second-order valence-electron chi connectivity index (χ2n) is 4.86. The maximum Gasteiger partial charge on any atom is 0.269 e. The van der Waals surface area contributed by atoms with Crippen LogP contribution in [0.15, 0.2) is 55.1 Å². The van der Waals surface area contributed by atoms with E-state index in [1.165, 1.54) is 18.2 Å². The SMILES string of the molecule is C=CCc1cc([N+](=O)[O-])ccc1OCC(=O)Nc1ccccc1Cl. The lowest BCUT2D eigenvalue weighted by Gasteiger charge is -2.11. The molecule has 0 saturated carbocycles. The van der Waals surface area contributed by atoms with E-state index < -0.39 is 4.92 Å². The number of allylic oxidation sites excluding steroid dienone is 1. The van der Waals surface area contributed by atoms with E-state index in [9.17, 15) is 14.9 Å². The normalized spacial score (nSPS) is 10.0. The zero-order chi connectivity index (χ0) is 17.5. The summed E-state index contributed by atoms with van der Waals surface area (Å²) in [5, 5.41) is 13.9. The predicted molar refractivity (Wildman–Crippen MR) is 92.6 cm³/mol. The van der Waals surface area contributed by atoms with Crippen molar-refractivity contribution in [1.82, 2.24) is 0 Å². The predicted octanol–water partition coefficient (Wildman–Crippen LogP) is 3.99. The molecule has 0 atom stereocenters. The Labute approximate surface area is 143 Å². The molecule has 2 rings (SSSR count). The van der Waals surface area contributed by atoms with Gasteiger partial charge < -0.3 is 10.1 Å². The Morgan fingerprint density at radius 1 is 1.33 bits per heavy atom. The highest BCUT2D eigenvalue weighted by Gasteiger charge is 2.13. The van der Waals surface area contributed by atoms with Gasteiger partial charge in [0.15, 0.2) is 6.61 Å². The van der Waals surface area contributed by atoms with Gasteiger partial charge in [0.05, 0.1) is 15.6 Å². The average molecular weight is 347 g/mol. The van der Waals surface area contributed by atoms with Crippen molar-refractivity contribution in [1.29, 1.82) is 0 Å². The second kappa shape index (κ2) is 8.12. The third-order valence-electron chi connectivity index (χ3n) is 3.13. The van der Waals surface area contributed by atoms with Gasteiger partial charge in [-0.05, 0) is 24.6 Å². The van der Waals surface area contributed by atoms with Crippen LogP contribution in [0.3, 0.4) is 0 Å². The number of hydrogen-bond acceptors (Lipinski definition) is 4. The van der Waals surface area contributed by atoms with Gasteiger partial charge in [-0.3, -0.25) is 14.9 Å². The number of carbonyl (C=O) groups excluding carboxylic acids is 1. The molecular formula is C17H15ClN2O4. The lowest BCUT2D eigenvalue weighted by atomic mass is 10.1. The van der Waals surface area contributed by atoms with Crippen molar-refractivity contribution in [2.75, 3.05) is 11.9 Å². The summed E-state index contributed by atoms with van der Waals surface area (Å²) in [5.74, 6) is 0.0146. The molecule has 0 unspecified atom stereocenters. The molecule has 0 fully saturated rings. The molecule has 6 nitrogen and oxygen atoms in total. The zero-order valence-electron chi connectivity index (χ0n) is 12.7. The van der Waals surface area contributed by atoms with Gasteiger partial charge in [0.2, 0.25) is 0 Å². The second-order valence-corrected chi connectivity index (χ2v) is 5.27. The molecule has 24 heavy (non-hydrogen) atoms. The number of ether oxygens (including phenoxy) is 1. The minimum atomic E-state index is -0.486. The number of nitro groups is 1. The first-order valence-electron chi connectivity index (χ1n) is 7.06. The number of carbonyl (C=O) groups is 1. The first-order chi connectivity index (χ1) is 11.5. The first kappa shape index (κ1) is 17.5. The number of non-ortho nitro benzene ring substituents is 1. The molecule has 0 bridgehead atoms. The third-order valence-corrected chi connectivity index (χ3v) is 3.46. The van der Waals surface area contributed by atoms with Crippen LogP contribution in [0, 0.1) is 10.1 Å². The topological polar surface area (TPSA) is 81.5 Å².